The van der Waals surface area contributed by atoms with Crippen molar-refractivity contribution in [3.05, 3.63) is 36.0 Å². The molecule has 1 aromatic carbocycles. The normalized spacial score (nSPS) is 11.5. The minimum Gasteiger partial charge on any atom is -0.367 e. The van der Waals surface area contributed by atoms with E-state index in [9.17, 15) is 0 Å². The minimum absolute atomic E-state index is 0.385. The molecule has 3 nitrogen and oxygen atoms in total. The summed E-state index contributed by atoms with van der Waals surface area (Å²) >= 11 is 0. The first-order valence-electron chi connectivity index (χ1n) is 7.41. The van der Waals surface area contributed by atoms with E-state index in [1.165, 1.54) is 16.3 Å². The van der Waals surface area contributed by atoms with Crippen LogP contribution in [0.25, 0.3) is 10.8 Å². The second-order valence-electron chi connectivity index (χ2n) is 6.00. The molecule has 1 heterocycles. The predicted molar refractivity (Wildman–Crippen MR) is 87.0 cm³/mol. The Morgan fingerprint density at radius 3 is 2.40 bits per heavy atom. The van der Waals surface area contributed by atoms with Crippen LogP contribution in [-0.2, 0) is 6.54 Å². The van der Waals surface area contributed by atoms with Crippen LogP contribution >= 0.6 is 0 Å². The molecule has 0 aliphatic rings. The second kappa shape index (κ2) is 6.71. The van der Waals surface area contributed by atoms with Crippen LogP contribution in [0.15, 0.2) is 30.5 Å². The van der Waals surface area contributed by atoms with Gasteiger partial charge in [-0.1, -0.05) is 38.1 Å². The van der Waals surface area contributed by atoms with Gasteiger partial charge in [0.05, 0.1) is 0 Å². The molecule has 2 N–H and O–H groups in total. The van der Waals surface area contributed by atoms with Crippen LogP contribution in [0.1, 0.15) is 33.3 Å². The Kier molecular flexibility index (Phi) is 4.96. The molecule has 0 fully saturated rings. The molecule has 2 rings (SSSR count). The van der Waals surface area contributed by atoms with Crippen molar-refractivity contribution in [1.29, 1.82) is 0 Å². The summed E-state index contributed by atoms with van der Waals surface area (Å²) in [5, 5.41) is 9.39. The van der Waals surface area contributed by atoms with Gasteiger partial charge in [0, 0.05) is 24.2 Å². The van der Waals surface area contributed by atoms with Crippen LogP contribution < -0.4 is 10.6 Å². The number of fused-ring (bicyclic) bond motifs is 1. The standard InChI is InChI=1S/C17H25N3/c1-12(2)9-18-10-14-11-19-17(20-13(3)4)16-8-6-5-7-15(14)16/h5-8,11-13,18H,9-10H2,1-4H3,(H,19,20). The van der Waals surface area contributed by atoms with E-state index in [0.29, 0.717) is 12.0 Å². The number of anilines is 1. The molecule has 0 bridgehead atoms. The summed E-state index contributed by atoms with van der Waals surface area (Å²) < 4.78 is 0. The van der Waals surface area contributed by atoms with E-state index in [4.69, 9.17) is 0 Å². The van der Waals surface area contributed by atoms with E-state index < -0.39 is 0 Å². The van der Waals surface area contributed by atoms with Gasteiger partial charge in [-0.2, -0.15) is 0 Å². The lowest BCUT2D eigenvalue weighted by Crippen LogP contribution is -2.19. The lowest BCUT2D eigenvalue weighted by molar-refractivity contribution is 0.553. The Balaban J connectivity index is 2.28. The van der Waals surface area contributed by atoms with Gasteiger partial charge >= 0.3 is 0 Å². The van der Waals surface area contributed by atoms with E-state index in [0.717, 1.165) is 18.9 Å². The van der Waals surface area contributed by atoms with E-state index in [-0.39, 0.29) is 0 Å². The summed E-state index contributed by atoms with van der Waals surface area (Å²) in [6.45, 7) is 10.6. The molecule has 0 atom stereocenters. The first-order chi connectivity index (χ1) is 9.58. The van der Waals surface area contributed by atoms with Crippen molar-refractivity contribution in [2.45, 2.75) is 40.3 Å². The van der Waals surface area contributed by atoms with Crippen molar-refractivity contribution in [2.24, 2.45) is 5.92 Å². The second-order valence-corrected chi connectivity index (χ2v) is 6.00. The highest BCUT2D eigenvalue weighted by Crippen LogP contribution is 2.24. The van der Waals surface area contributed by atoms with Crippen molar-refractivity contribution < 1.29 is 0 Å². The largest absolute Gasteiger partial charge is 0.367 e. The van der Waals surface area contributed by atoms with Crippen molar-refractivity contribution in [3.63, 3.8) is 0 Å². The molecule has 0 unspecified atom stereocenters. The Bertz CT molecular complexity index is 561. The van der Waals surface area contributed by atoms with Crippen LogP contribution in [0, 0.1) is 5.92 Å². The van der Waals surface area contributed by atoms with Crippen LogP contribution in [0.3, 0.4) is 0 Å². The zero-order chi connectivity index (χ0) is 14.5. The fraction of sp³-hybridized carbons (Fsp3) is 0.471. The highest BCUT2D eigenvalue weighted by Gasteiger charge is 2.07. The molecular formula is C17H25N3. The minimum atomic E-state index is 0.385. The van der Waals surface area contributed by atoms with Crippen molar-refractivity contribution in [3.8, 4) is 0 Å². The molecule has 3 heteroatoms. The van der Waals surface area contributed by atoms with Gasteiger partial charge in [-0.3, -0.25) is 0 Å². The Labute approximate surface area is 121 Å². The lowest BCUT2D eigenvalue weighted by Gasteiger charge is -2.15. The number of aromatic nitrogens is 1. The summed E-state index contributed by atoms with van der Waals surface area (Å²) in [6, 6.07) is 8.86. The Morgan fingerprint density at radius 2 is 1.75 bits per heavy atom. The average molecular weight is 271 g/mol. The van der Waals surface area contributed by atoms with Crippen LogP contribution in [-0.4, -0.2) is 17.6 Å². The zero-order valence-corrected chi connectivity index (χ0v) is 12.9. The molecule has 20 heavy (non-hydrogen) atoms. The molecular weight excluding hydrogens is 246 g/mol. The number of rotatable bonds is 6. The molecule has 0 spiro atoms. The highest BCUT2D eigenvalue weighted by atomic mass is 15.0. The van der Waals surface area contributed by atoms with Gasteiger partial charge in [-0.15, -0.1) is 0 Å². The van der Waals surface area contributed by atoms with Gasteiger partial charge in [0.1, 0.15) is 5.82 Å². The van der Waals surface area contributed by atoms with Crippen LogP contribution in [0.2, 0.25) is 0 Å². The van der Waals surface area contributed by atoms with Crippen molar-refractivity contribution in [2.75, 3.05) is 11.9 Å². The van der Waals surface area contributed by atoms with Gasteiger partial charge in [-0.25, -0.2) is 4.98 Å². The number of hydrogen-bond donors (Lipinski definition) is 2. The SMILES string of the molecule is CC(C)CNCc1cnc(NC(C)C)c2ccccc12. The maximum atomic E-state index is 4.59. The van der Waals surface area contributed by atoms with Gasteiger partial charge < -0.3 is 10.6 Å². The Hall–Kier alpha value is -1.61. The molecule has 0 saturated carbocycles. The third-order valence-electron chi connectivity index (χ3n) is 3.17. The zero-order valence-electron chi connectivity index (χ0n) is 12.9. The molecule has 1 aromatic heterocycles. The summed E-state index contributed by atoms with van der Waals surface area (Å²) in [5.41, 5.74) is 1.26. The van der Waals surface area contributed by atoms with Gasteiger partial charge in [0.25, 0.3) is 0 Å². The van der Waals surface area contributed by atoms with Crippen LogP contribution in [0.5, 0.6) is 0 Å². The van der Waals surface area contributed by atoms with Crippen molar-refractivity contribution >= 4 is 16.6 Å². The number of hydrogen-bond acceptors (Lipinski definition) is 3. The van der Waals surface area contributed by atoms with Gasteiger partial charge in [0.2, 0.25) is 0 Å². The average Bonchev–Trinajstić information content (AvgIpc) is 2.40. The first-order valence-corrected chi connectivity index (χ1v) is 7.41. The smallest absolute Gasteiger partial charge is 0.134 e. The number of nitrogens with zero attached hydrogens (tertiary/aromatic N) is 1. The van der Waals surface area contributed by atoms with E-state index in [2.05, 4.69) is 67.6 Å². The first kappa shape index (κ1) is 14.8. The summed E-state index contributed by atoms with van der Waals surface area (Å²) in [7, 11) is 0. The molecule has 0 amide bonds. The lowest BCUT2D eigenvalue weighted by atomic mass is 10.1. The third-order valence-corrected chi connectivity index (χ3v) is 3.17. The molecule has 0 radical (unpaired) electrons. The van der Waals surface area contributed by atoms with Crippen molar-refractivity contribution in [1.82, 2.24) is 10.3 Å². The number of pyridine rings is 1. The molecule has 108 valence electrons. The fourth-order valence-electron chi connectivity index (χ4n) is 2.28. The molecule has 0 saturated heterocycles. The summed E-state index contributed by atoms with van der Waals surface area (Å²) in [4.78, 5) is 4.59. The summed E-state index contributed by atoms with van der Waals surface area (Å²) in [6.07, 6.45) is 1.99. The van der Waals surface area contributed by atoms with Crippen LogP contribution in [0.4, 0.5) is 5.82 Å². The van der Waals surface area contributed by atoms with Gasteiger partial charge in [-0.05, 0) is 37.3 Å². The molecule has 0 aliphatic heterocycles. The number of benzene rings is 1. The molecule has 2 aromatic rings. The predicted octanol–water partition coefficient (Wildman–Crippen LogP) is 3.80. The quantitative estimate of drug-likeness (QED) is 0.839. The van der Waals surface area contributed by atoms with E-state index in [1.807, 2.05) is 6.20 Å². The molecule has 0 aliphatic carbocycles. The number of nitrogens with one attached hydrogen (secondary N) is 2. The topological polar surface area (TPSA) is 37.0 Å². The summed E-state index contributed by atoms with van der Waals surface area (Å²) in [5.74, 6) is 1.64. The Morgan fingerprint density at radius 1 is 1.05 bits per heavy atom. The maximum absolute atomic E-state index is 4.59. The van der Waals surface area contributed by atoms with E-state index >= 15 is 0 Å². The highest BCUT2D eigenvalue weighted by molar-refractivity contribution is 5.94. The fourth-order valence-corrected chi connectivity index (χ4v) is 2.28. The maximum Gasteiger partial charge on any atom is 0.134 e. The third kappa shape index (κ3) is 3.70. The monoisotopic (exact) mass is 271 g/mol. The van der Waals surface area contributed by atoms with Gasteiger partial charge in [0.15, 0.2) is 0 Å². The van der Waals surface area contributed by atoms with E-state index in [1.54, 1.807) is 0 Å².